The van der Waals surface area contributed by atoms with Crippen LogP contribution in [0.2, 0.25) is 0 Å². The molecule has 0 aliphatic carbocycles. The van der Waals surface area contributed by atoms with E-state index in [0.717, 1.165) is 83.5 Å². The first-order valence-corrected chi connectivity index (χ1v) is 22.1. The first kappa shape index (κ1) is 60.4. The second kappa shape index (κ2) is 35.8. The van der Waals surface area contributed by atoms with Crippen molar-refractivity contribution in [3.8, 4) is 0 Å². The van der Waals surface area contributed by atoms with Crippen LogP contribution in [-0.4, -0.2) is 73.5 Å². The second-order valence-corrected chi connectivity index (χ2v) is 16.5. The van der Waals surface area contributed by atoms with E-state index in [1.54, 1.807) is 0 Å². The monoisotopic (exact) mass is 832 g/mol. The Labute approximate surface area is 369 Å². The molecule has 0 aromatic rings. The molecule has 0 bridgehead atoms. The minimum Gasteiger partial charge on any atom is -0.549 e. The SMILES string of the molecule is CCCCCCC(CCCCCC)(C(=O)[O-])C(C(=O)[O-])S(=O)(=O)O.CCCCCCCCOC(=O)CC(C(=O)OCCCCCCCC)S(=O)(=O)O.[Na+].[Na+]. The molecule has 0 rings (SSSR count). The molecule has 0 fully saturated rings. The number of carboxylic acids is 2. The first-order valence-electron chi connectivity index (χ1n) is 19.1. The van der Waals surface area contributed by atoms with Gasteiger partial charge in [-0.25, -0.2) is 0 Å². The van der Waals surface area contributed by atoms with Gasteiger partial charge in [-0.15, -0.1) is 0 Å². The third-order valence-corrected chi connectivity index (χ3v) is 11.2. The molecule has 0 saturated carbocycles. The number of carboxylic acid groups (broad SMARTS) is 2. The van der Waals surface area contributed by atoms with Gasteiger partial charge < -0.3 is 29.3 Å². The van der Waals surface area contributed by atoms with E-state index in [9.17, 15) is 55.3 Å². The molecule has 0 aromatic heterocycles. The van der Waals surface area contributed by atoms with E-state index in [0.29, 0.717) is 38.5 Å². The summed E-state index contributed by atoms with van der Waals surface area (Å²) >= 11 is 0. The molecule has 2 atom stereocenters. The molecule has 18 heteroatoms. The molecule has 54 heavy (non-hydrogen) atoms. The van der Waals surface area contributed by atoms with E-state index in [1.807, 2.05) is 13.8 Å². The molecule has 0 spiro atoms. The Hall–Kier alpha value is -0.300. The van der Waals surface area contributed by atoms with Crippen molar-refractivity contribution < 1.29 is 124 Å². The van der Waals surface area contributed by atoms with Crippen LogP contribution >= 0.6 is 0 Å². The van der Waals surface area contributed by atoms with E-state index in [-0.39, 0.29) is 85.2 Å². The first-order chi connectivity index (χ1) is 24.5. The number of ether oxygens (including phenoxy) is 2. The van der Waals surface area contributed by atoms with Crippen LogP contribution in [0.25, 0.3) is 0 Å². The average molecular weight is 833 g/mol. The van der Waals surface area contributed by atoms with E-state index in [1.165, 1.54) is 6.42 Å². The number of carbonyl (C=O) groups is 4. The predicted molar refractivity (Wildman–Crippen MR) is 194 cm³/mol. The van der Waals surface area contributed by atoms with Gasteiger partial charge in [0.1, 0.15) is 5.25 Å². The minimum absolute atomic E-state index is 0. The van der Waals surface area contributed by atoms with Crippen LogP contribution < -0.4 is 69.3 Å². The van der Waals surface area contributed by atoms with Gasteiger partial charge in [-0.1, -0.05) is 143 Å². The number of carbonyl (C=O) groups excluding carboxylic acids is 4. The molecule has 308 valence electrons. The Kier molecular flexibility index (Phi) is 40.1. The van der Waals surface area contributed by atoms with Gasteiger partial charge in [0, 0.05) is 11.4 Å². The maximum atomic E-state index is 12.0. The average Bonchev–Trinajstić information content (AvgIpc) is 3.05. The zero-order chi connectivity index (χ0) is 40.1. The van der Waals surface area contributed by atoms with Crippen LogP contribution in [0.4, 0.5) is 0 Å². The van der Waals surface area contributed by atoms with Crippen molar-refractivity contribution >= 4 is 44.1 Å². The molecule has 0 aliphatic heterocycles. The molecule has 0 saturated heterocycles. The molecular weight excluding hydrogens is 766 g/mol. The summed E-state index contributed by atoms with van der Waals surface area (Å²) in [5.74, 6) is -5.80. The molecule has 2 N–H and O–H groups in total. The van der Waals surface area contributed by atoms with Gasteiger partial charge in [-0.2, -0.15) is 16.8 Å². The maximum Gasteiger partial charge on any atom is 1.00 e. The van der Waals surface area contributed by atoms with Crippen molar-refractivity contribution in [2.24, 2.45) is 5.41 Å². The van der Waals surface area contributed by atoms with Gasteiger partial charge >= 0.3 is 71.1 Å². The van der Waals surface area contributed by atoms with Crippen molar-refractivity contribution in [3.63, 3.8) is 0 Å². The number of hydrogen-bond acceptors (Lipinski definition) is 12. The zero-order valence-corrected chi connectivity index (χ0v) is 39.6. The molecule has 0 aromatic carbocycles. The summed E-state index contributed by atoms with van der Waals surface area (Å²) in [6.45, 7) is 8.42. The van der Waals surface area contributed by atoms with E-state index >= 15 is 0 Å². The van der Waals surface area contributed by atoms with Crippen LogP contribution in [0.15, 0.2) is 0 Å². The topological polar surface area (TPSA) is 242 Å². The fourth-order valence-electron chi connectivity index (χ4n) is 5.80. The molecule has 2 unspecified atom stereocenters. The molecule has 0 heterocycles. The number of aliphatic carboxylic acids is 2. The van der Waals surface area contributed by atoms with Gasteiger partial charge in [-0.05, 0) is 25.7 Å². The fraction of sp³-hybridized carbons (Fsp3) is 0.889. The van der Waals surface area contributed by atoms with Gasteiger partial charge in [0.25, 0.3) is 20.2 Å². The van der Waals surface area contributed by atoms with Crippen molar-refractivity contribution in [2.75, 3.05) is 13.2 Å². The number of rotatable bonds is 32. The van der Waals surface area contributed by atoms with Crippen LogP contribution in [-0.2, 0) is 48.9 Å². The van der Waals surface area contributed by atoms with Crippen molar-refractivity contribution in [2.45, 2.75) is 186 Å². The Balaban J connectivity index is -0.000000451. The van der Waals surface area contributed by atoms with Crippen LogP contribution in [0.1, 0.15) is 175 Å². The number of unbranched alkanes of at least 4 members (excludes halogenated alkanes) is 16. The molecule has 0 aliphatic rings. The van der Waals surface area contributed by atoms with E-state index < -0.39 is 66.4 Å². The van der Waals surface area contributed by atoms with Gasteiger partial charge in [0.2, 0.25) is 0 Å². The third kappa shape index (κ3) is 29.0. The largest absolute Gasteiger partial charge is 1.00 e. The van der Waals surface area contributed by atoms with Gasteiger partial charge in [-0.3, -0.25) is 18.7 Å². The summed E-state index contributed by atoms with van der Waals surface area (Å²) < 4.78 is 74.4. The Bertz CT molecular complexity index is 1200. The second-order valence-electron chi connectivity index (χ2n) is 13.4. The number of esters is 2. The fourth-order valence-corrected chi connectivity index (χ4v) is 7.61. The molecular formula is C36H66Na2O14S2. The van der Waals surface area contributed by atoms with Gasteiger partial charge in [0.15, 0.2) is 5.25 Å². The van der Waals surface area contributed by atoms with Crippen LogP contribution in [0.3, 0.4) is 0 Å². The summed E-state index contributed by atoms with van der Waals surface area (Å²) in [6.07, 6.45) is 16.4. The maximum absolute atomic E-state index is 12.0. The van der Waals surface area contributed by atoms with Crippen LogP contribution in [0.5, 0.6) is 0 Å². The Morgan fingerprint density at radius 2 is 0.907 bits per heavy atom. The van der Waals surface area contributed by atoms with Crippen molar-refractivity contribution in [1.82, 2.24) is 0 Å². The smallest absolute Gasteiger partial charge is 0.549 e. The Morgan fingerprint density at radius 3 is 1.24 bits per heavy atom. The summed E-state index contributed by atoms with van der Waals surface area (Å²) in [5.41, 5.74) is -2.17. The standard InChI is InChI=1S/C20H38O7S.C16H30O7S.2Na/c1-3-5-7-9-11-13-15-26-19(21)17-18(28(23,24)25)20(22)27-16-14-12-10-8-6-4-2;1-3-5-7-9-11-16(15(19)20,12-10-8-6-4-2)13(14(17)18)24(21,22)23;;/h18H,3-17H2,1-2H3,(H,23,24,25);13H,3-12H2,1-2H3,(H,17,18)(H,19,20)(H,21,22,23);;/q;;2*+1/p-2. The molecule has 14 nitrogen and oxygen atoms in total. The normalized spacial score (nSPS) is 12.6. The summed E-state index contributed by atoms with van der Waals surface area (Å²) in [6, 6.07) is 0. The summed E-state index contributed by atoms with van der Waals surface area (Å²) in [7, 11) is -9.87. The Morgan fingerprint density at radius 1 is 0.556 bits per heavy atom. The quantitative estimate of drug-likeness (QED) is 0.0362. The minimum atomic E-state index is -5.14. The zero-order valence-electron chi connectivity index (χ0n) is 33.9. The van der Waals surface area contributed by atoms with E-state index in [4.69, 9.17) is 9.47 Å². The predicted octanol–water partition coefficient (Wildman–Crippen LogP) is -0.882. The van der Waals surface area contributed by atoms with Gasteiger partial charge in [0.05, 0.1) is 25.6 Å². The van der Waals surface area contributed by atoms with Crippen LogP contribution in [0, 0.1) is 5.41 Å². The molecule has 0 amide bonds. The van der Waals surface area contributed by atoms with Crippen molar-refractivity contribution in [3.05, 3.63) is 0 Å². The molecule has 0 radical (unpaired) electrons. The van der Waals surface area contributed by atoms with E-state index in [2.05, 4.69) is 13.8 Å². The van der Waals surface area contributed by atoms with Crippen molar-refractivity contribution in [1.29, 1.82) is 0 Å². The third-order valence-electron chi connectivity index (χ3n) is 8.85. The summed E-state index contributed by atoms with van der Waals surface area (Å²) in [4.78, 5) is 46.9. The number of hydrogen-bond donors (Lipinski definition) is 2. The summed E-state index contributed by atoms with van der Waals surface area (Å²) in [5, 5.41) is 18.7.